The first-order valence-electron chi connectivity index (χ1n) is 3.72. The van der Waals surface area contributed by atoms with Crippen LogP contribution in [0, 0.1) is 0 Å². The summed E-state index contributed by atoms with van der Waals surface area (Å²) >= 11 is 0. The van der Waals surface area contributed by atoms with Crippen molar-refractivity contribution < 1.29 is 19.8 Å². The molecule has 5 heteroatoms. The largest absolute Gasteiger partial charge is 0.481 e. The molecule has 0 rings (SSSR count). The zero-order valence-electron chi connectivity index (χ0n) is 7.62. The fourth-order valence-corrected chi connectivity index (χ4v) is 0.253. The Morgan fingerprint density at radius 1 is 1.38 bits per heavy atom. The van der Waals surface area contributed by atoms with Crippen molar-refractivity contribution in [1.29, 1.82) is 0 Å². The minimum absolute atomic E-state index is 0.176. The van der Waals surface area contributed by atoms with E-state index in [-0.39, 0.29) is 12.0 Å². The average Bonchev–Trinajstić information content (AvgIpc) is 2.01. The number of carboxylic acid groups (broad SMARTS) is 2. The van der Waals surface area contributed by atoms with Gasteiger partial charge in [0.15, 0.2) is 0 Å². The average molecular weight is 189 g/mol. The van der Waals surface area contributed by atoms with Gasteiger partial charge in [-0.2, -0.15) is 0 Å². The van der Waals surface area contributed by atoms with Crippen molar-refractivity contribution in [2.45, 2.75) is 19.8 Å². The molecule has 0 spiro atoms. The molecule has 0 aromatic heterocycles. The second-order valence-corrected chi connectivity index (χ2v) is 2.37. The van der Waals surface area contributed by atoms with Crippen molar-refractivity contribution in [3.8, 4) is 0 Å². The van der Waals surface area contributed by atoms with E-state index in [1.807, 2.05) is 0 Å². The highest BCUT2D eigenvalue weighted by Gasteiger charge is 1.91. The molecule has 0 aliphatic rings. The van der Waals surface area contributed by atoms with Crippen molar-refractivity contribution in [3.05, 3.63) is 12.2 Å². The summed E-state index contributed by atoms with van der Waals surface area (Å²) in [5.74, 6) is -1.71. The molecular weight excluding hydrogens is 174 g/mol. The van der Waals surface area contributed by atoms with Gasteiger partial charge in [0.25, 0.3) is 0 Å². The van der Waals surface area contributed by atoms with E-state index in [2.05, 4.69) is 6.58 Å². The lowest BCUT2D eigenvalue weighted by atomic mass is 10.3. The second kappa shape index (κ2) is 8.73. The van der Waals surface area contributed by atoms with Crippen LogP contribution < -0.4 is 5.73 Å². The molecule has 0 atom stereocenters. The van der Waals surface area contributed by atoms with Gasteiger partial charge in [0, 0.05) is 12.0 Å². The molecule has 0 saturated heterocycles. The van der Waals surface area contributed by atoms with Gasteiger partial charge in [-0.1, -0.05) is 6.58 Å². The third kappa shape index (κ3) is 18.0. The molecule has 0 bridgehead atoms. The van der Waals surface area contributed by atoms with Crippen molar-refractivity contribution in [2.24, 2.45) is 5.73 Å². The van der Waals surface area contributed by atoms with Gasteiger partial charge in [0.05, 0.1) is 0 Å². The molecule has 0 saturated carbocycles. The van der Waals surface area contributed by atoms with E-state index in [4.69, 9.17) is 15.9 Å². The van der Waals surface area contributed by atoms with Gasteiger partial charge in [-0.25, -0.2) is 4.79 Å². The maximum atomic E-state index is 9.70. The van der Waals surface area contributed by atoms with Gasteiger partial charge in [0.1, 0.15) is 0 Å². The highest BCUT2D eigenvalue weighted by atomic mass is 16.4. The summed E-state index contributed by atoms with van der Waals surface area (Å²) in [5.41, 5.74) is 5.19. The fourth-order valence-electron chi connectivity index (χ4n) is 0.253. The maximum absolute atomic E-state index is 9.70. The molecular formula is C8H15NO4. The Hall–Kier alpha value is -1.36. The Bertz CT molecular complexity index is 177. The number of carboxylic acids is 2. The van der Waals surface area contributed by atoms with E-state index in [0.29, 0.717) is 13.0 Å². The molecule has 0 amide bonds. The molecule has 0 heterocycles. The van der Waals surface area contributed by atoms with Gasteiger partial charge in [-0.3, -0.25) is 4.79 Å². The van der Waals surface area contributed by atoms with E-state index in [1.54, 1.807) is 0 Å². The zero-order chi connectivity index (χ0) is 10.9. The van der Waals surface area contributed by atoms with Crippen molar-refractivity contribution in [2.75, 3.05) is 6.54 Å². The maximum Gasteiger partial charge on any atom is 0.330 e. The number of hydrogen-bond acceptors (Lipinski definition) is 3. The predicted molar refractivity (Wildman–Crippen MR) is 48.4 cm³/mol. The molecule has 4 N–H and O–H groups in total. The quantitative estimate of drug-likeness (QED) is 0.557. The molecule has 0 radical (unpaired) electrons. The number of rotatable bonds is 4. The highest BCUT2D eigenvalue weighted by Crippen LogP contribution is 1.82. The Labute approximate surface area is 76.9 Å². The second-order valence-electron chi connectivity index (χ2n) is 2.37. The van der Waals surface area contributed by atoms with Crippen LogP contribution >= 0.6 is 0 Å². The summed E-state index contributed by atoms with van der Waals surface area (Å²) in [5, 5.41) is 15.9. The molecule has 0 aliphatic carbocycles. The lowest BCUT2D eigenvalue weighted by Gasteiger charge is -1.86. The first kappa shape index (κ1) is 14.2. The normalized spacial score (nSPS) is 8.15. The van der Waals surface area contributed by atoms with E-state index < -0.39 is 11.9 Å². The smallest absolute Gasteiger partial charge is 0.330 e. The molecule has 13 heavy (non-hydrogen) atoms. The first-order valence-corrected chi connectivity index (χ1v) is 3.72. The molecule has 0 aromatic carbocycles. The summed E-state index contributed by atoms with van der Waals surface area (Å²) in [6, 6.07) is 0. The van der Waals surface area contributed by atoms with Crippen LogP contribution in [0.5, 0.6) is 0 Å². The monoisotopic (exact) mass is 189 g/mol. The number of hydrogen-bond donors (Lipinski definition) is 3. The zero-order valence-corrected chi connectivity index (χ0v) is 7.62. The summed E-state index contributed by atoms with van der Waals surface area (Å²) < 4.78 is 0. The van der Waals surface area contributed by atoms with Crippen molar-refractivity contribution in [3.63, 3.8) is 0 Å². The lowest BCUT2D eigenvalue weighted by Crippen LogP contribution is -2.02. The molecule has 0 fully saturated rings. The van der Waals surface area contributed by atoms with Gasteiger partial charge in [-0.05, 0) is 19.9 Å². The van der Waals surface area contributed by atoms with Crippen molar-refractivity contribution >= 4 is 11.9 Å². The van der Waals surface area contributed by atoms with Crippen LogP contribution in [0.2, 0.25) is 0 Å². The molecule has 0 unspecified atom stereocenters. The third-order valence-electron chi connectivity index (χ3n) is 0.960. The minimum atomic E-state index is -0.935. The highest BCUT2D eigenvalue weighted by molar-refractivity contribution is 5.84. The summed E-state index contributed by atoms with van der Waals surface area (Å²) in [7, 11) is 0. The number of aliphatic carboxylic acids is 2. The van der Waals surface area contributed by atoms with Gasteiger partial charge < -0.3 is 15.9 Å². The molecule has 0 aromatic rings. The van der Waals surface area contributed by atoms with Crippen LogP contribution in [-0.4, -0.2) is 28.7 Å². The minimum Gasteiger partial charge on any atom is -0.481 e. The Balaban J connectivity index is 0. The summed E-state index contributed by atoms with van der Waals surface area (Å²) in [6.45, 7) is 5.07. The Kier molecular flexibility index (Phi) is 9.53. The first-order chi connectivity index (χ1) is 5.91. The van der Waals surface area contributed by atoms with Crippen LogP contribution in [0.1, 0.15) is 19.8 Å². The van der Waals surface area contributed by atoms with Crippen LogP contribution in [0.15, 0.2) is 12.2 Å². The van der Waals surface area contributed by atoms with E-state index in [0.717, 1.165) is 0 Å². The summed E-state index contributed by atoms with van der Waals surface area (Å²) in [6.07, 6.45) is 0.770. The SMILES string of the molecule is C=C(C)C(=O)O.NCCCC(=O)O. The molecule has 5 nitrogen and oxygen atoms in total. The fraction of sp³-hybridized carbons (Fsp3) is 0.500. The topological polar surface area (TPSA) is 101 Å². The van der Waals surface area contributed by atoms with Crippen LogP contribution in [0.3, 0.4) is 0 Å². The predicted octanol–water partition coefficient (Wildman–Crippen LogP) is 0.457. The van der Waals surface area contributed by atoms with Gasteiger partial charge in [-0.15, -0.1) is 0 Å². The van der Waals surface area contributed by atoms with Crippen LogP contribution in [-0.2, 0) is 9.59 Å². The van der Waals surface area contributed by atoms with Crippen LogP contribution in [0.25, 0.3) is 0 Å². The summed E-state index contributed by atoms with van der Waals surface area (Å²) in [4.78, 5) is 19.3. The Morgan fingerprint density at radius 3 is 1.85 bits per heavy atom. The van der Waals surface area contributed by atoms with Gasteiger partial charge >= 0.3 is 11.9 Å². The molecule has 0 aliphatic heterocycles. The van der Waals surface area contributed by atoms with E-state index >= 15 is 0 Å². The Morgan fingerprint density at radius 2 is 1.77 bits per heavy atom. The van der Waals surface area contributed by atoms with E-state index in [1.165, 1.54) is 6.92 Å². The lowest BCUT2D eigenvalue weighted by molar-refractivity contribution is -0.137. The van der Waals surface area contributed by atoms with Crippen LogP contribution in [0.4, 0.5) is 0 Å². The van der Waals surface area contributed by atoms with E-state index in [9.17, 15) is 9.59 Å². The van der Waals surface area contributed by atoms with Gasteiger partial charge in [0.2, 0.25) is 0 Å². The number of nitrogens with two attached hydrogens (primary N) is 1. The number of carbonyl (C=O) groups is 2. The standard InChI is InChI=1S/C4H9NO2.C4H6O2/c5-3-1-2-4(6)7;1-3(2)4(5)6/h1-3,5H2,(H,6,7);1H2,2H3,(H,5,6). The molecule has 76 valence electrons. The van der Waals surface area contributed by atoms with Crippen molar-refractivity contribution in [1.82, 2.24) is 0 Å². The third-order valence-corrected chi connectivity index (χ3v) is 0.960.